The van der Waals surface area contributed by atoms with Crippen LogP contribution in [0.2, 0.25) is 0 Å². The summed E-state index contributed by atoms with van der Waals surface area (Å²) >= 11 is 11.0. The molecule has 0 aromatic heterocycles. The van der Waals surface area contributed by atoms with E-state index in [1.807, 2.05) is 34.3 Å². The molecule has 2 fully saturated rings. The molecule has 0 radical (unpaired) electrons. The zero-order valence-corrected chi connectivity index (χ0v) is 14.1. The molecule has 0 saturated carbocycles. The fourth-order valence-electron chi connectivity index (χ4n) is 2.72. The van der Waals surface area contributed by atoms with Crippen molar-refractivity contribution in [1.82, 2.24) is 15.6 Å². The molecule has 2 saturated heterocycles. The number of anilines is 1. The van der Waals surface area contributed by atoms with Gasteiger partial charge in [0, 0.05) is 0 Å². The maximum atomic E-state index is 5.52. The Bertz CT molecular complexity index is 616. The summed E-state index contributed by atoms with van der Waals surface area (Å²) in [5.41, 5.74) is 0.301. The van der Waals surface area contributed by atoms with Gasteiger partial charge in [-0.1, -0.05) is 0 Å². The van der Waals surface area contributed by atoms with Crippen LogP contribution in [-0.4, -0.2) is 33.5 Å². The molecule has 0 bridgehead atoms. The smallest absolute Gasteiger partial charge is 0.194 e. The molecule has 1 atom stereocenters. The molecule has 2 aliphatic heterocycles. The lowest BCUT2D eigenvalue weighted by atomic mass is 9.91. The van der Waals surface area contributed by atoms with Gasteiger partial charge in [-0.05, 0) is 69.5 Å². The Balaban J connectivity index is 2.03. The number of methoxy groups -OCH3 is 1. The molecule has 1 unspecified atom stereocenters. The Morgan fingerprint density at radius 3 is 2.19 bits per heavy atom. The highest BCUT2D eigenvalue weighted by molar-refractivity contribution is 7.81. The van der Waals surface area contributed by atoms with E-state index in [0.717, 1.165) is 11.4 Å². The quantitative estimate of drug-likeness (QED) is 0.807. The van der Waals surface area contributed by atoms with Gasteiger partial charge in [0.05, 0.1) is 18.3 Å². The second-order valence-electron chi connectivity index (χ2n) is 5.88. The Labute approximate surface area is 135 Å². The molecule has 2 N–H and O–H groups in total. The number of rotatable bonds is 2. The number of benzene rings is 1. The van der Waals surface area contributed by atoms with Gasteiger partial charge in [0.2, 0.25) is 0 Å². The molecular weight excluding hydrogens is 304 g/mol. The molecule has 1 aromatic carbocycles. The second-order valence-corrected chi connectivity index (χ2v) is 6.65. The molecule has 2 heterocycles. The number of thiocarbonyl (C=S) groups is 2. The van der Waals surface area contributed by atoms with Crippen LogP contribution < -0.4 is 20.4 Å². The summed E-state index contributed by atoms with van der Waals surface area (Å²) in [6.07, 6.45) is 0. The van der Waals surface area contributed by atoms with Gasteiger partial charge in [0.1, 0.15) is 5.75 Å². The van der Waals surface area contributed by atoms with E-state index >= 15 is 0 Å². The Morgan fingerprint density at radius 1 is 1.00 bits per heavy atom. The van der Waals surface area contributed by atoms with Crippen molar-refractivity contribution in [2.24, 2.45) is 0 Å². The molecule has 2 aliphatic rings. The number of nitrogens with one attached hydrogen (secondary N) is 2. The summed E-state index contributed by atoms with van der Waals surface area (Å²) in [4.78, 5) is 0. The number of nitrogens with zero attached hydrogens (tertiary/aromatic N) is 2. The fraction of sp³-hybridized carbons (Fsp3) is 0.429. The van der Waals surface area contributed by atoms with E-state index in [9.17, 15) is 0 Å². The van der Waals surface area contributed by atoms with E-state index < -0.39 is 5.66 Å². The van der Waals surface area contributed by atoms with Crippen LogP contribution in [0.1, 0.15) is 20.8 Å². The molecule has 0 amide bonds. The number of hydrogen-bond acceptors (Lipinski definition) is 3. The van der Waals surface area contributed by atoms with Crippen molar-refractivity contribution in [3.05, 3.63) is 24.3 Å². The number of fused-ring (bicyclic) bond motifs is 1. The van der Waals surface area contributed by atoms with Crippen LogP contribution in [0.5, 0.6) is 5.75 Å². The number of hydrogen-bond donors (Lipinski definition) is 2. The van der Waals surface area contributed by atoms with Crippen LogP contribution in [0.3, 0.4) is 0 Å². The van der Waals surface area contributed by atoms with Gasteiger partial charge in [-0.3, -0.25) is 0 Å². The average molecular weight is 322 g/mol. The van der Waals surface area contributed by atoms with Crippen LogP contribution in [-0.2, 0) is 0 Å². The van der Waals surface area contributed by atoms with Gasteiger partial charge in [-0.25, -0.2) is 10.0 Å². The maximum Gasteiger partial charge on any atom is 0.194 e. The van der Waals surface area contributed by atoms with Gasteiger partial charge in [-0.2, -0.15) is 0 Å². The molecule has 0 aliphatic carbocycles. The first-order valence-corrected chi connectivity index (χ1v) is 7.50. The number of ether oxygens (including phenoxy) is 1. The largest absolute Gasteiger partial charge is 0.497 e. The van der Waals surface area contributed by atoms with E-state index in [-0.39, 0.29) is 5.54 Å². The fourth-order valence-corrected chi connectivity index (χ4v) is 3.62. The van der Waals surface area contributed by atoms with Crippen molar-refractivity contribution < 1.29 is 4.74 Å². The second kappa shape index (κ2) is 4.45. The third-order valence-corrected chi connectivity index (χ3v) is 4.86. The highest BCUT2D eigenvalue weighted by Crippen LogP contribution is 2.40. The molecule has 7 heteroatoms. The first-order chi connectivity index (χ1) is 9.80. The highest BCUT2D eigenvalue weighted by Gasteiger charge is 2.60. The average Bonchev–Trinajstić information content (AvgIpc) is 2.79. The Morgan fingerprint density at radius 2 is 1.62 bits per heavy atom. The van der Waals surface area contributed by atoms with Crippen molar-refractivity contribution in [2.75, 3.05) is 12.1 Å². The molecule has 3 rings (SSSR count). The van der Waals surface area contributed by atoms with Crippen LogP contribution >= 0.6 is 24.4 Å². The predicted octanol–water partition coefficient (Wildman–Crippen LogP) is 1.99. The van der Waals surface area contributed by atoms with Crippen molar-refractivity contribution >= 4 is 40.3 Å². The zero-order valence-electron chi connectivity index (χ0n) is 12.4. The first-order valence-electron chi connectivity index (χ1n) is 6.69. The summed E-state index contributed by atoms with van der Waals surface area (Å²) in [7, 11) is 1.65. The first kappa shape index (κ1) is 14.3. The van der Waals surface area contributed by atoms with Crippen molar-refractivity contribution in [2.45, 2.75) is 32.0 Å². The van der Waals surface area contributed by atoms with Crippen LogP contribution in [0.15, 0.2) is 24.3 Å². The van der Waals surface area contributed by atoms with Gasteiger partial charge in [0.25, 0.3) is 0 Å². The minimum atomic E-state index is -0.402. The molecule has 21 heavy (non-hydrogen) atoms. The summed E-state index contributed by atoms with van der Waals surface area (Å²) < 4.78 is 5.20. The third kappa shape index (κ3) is 1.87. The topological polar surface area (TPSA) is 39.8 Å². The lowest BCUT2D eigenvalue weighted by Crippen LogP contribution is -2.60. The van der Waals surface area contributed by atoms with Crippen molar-refractivity contribution in [1.29, 1.82) is 0 Å². The molecule has 112 valence electrons. The van der Waals surface area contributed by atoms with E-state index in [1.165, 1.54) is 0 Å². The van der Waals surface area contributed by atoms with Gasteiger partial charge >= 0.3 is 0 Å². The molecule has 5 nitrogen and oxygen atoms in total. The summed E-state index contributed by atoms with van der Waals surface area (Å²) in [5.74, 6) is 0.807. The van der Waals surface area contributed by atoms with E-state index in [4.69, 9.17) is 29.2 Å². The molecular formula is C14H18N4OS2. The summed E-state index contributed by atoms with van der Waals surface area (Å²) in [5, 5.41) is 12.0. The normalized spacial score (nSPS) is 26.5. The van der Waals surface area contributed by atoms with E-state index in [2.05, 4.69) is 31.4 Å². The van der Waals surface area contributed by atoms with Crippen LogP contribution in [0, 0.1) is 0 Å². The molecule has 1 aromatic rings. The third-order valence-electron chi connectivity index (χ3n) is 4.31. The minimum absolute atomic E-state index is 0.241. The van der Waals surface area contributed by atoms with E-state index in [1.54, 1.807) is 7.11 Å². The van der Waals surface area contributed by atoms with Crippen LogP contribution in [0.25, 0.3) is 0 Å². The van der Waals surface area contributed by atoms with E-state index in [0.29, 0.717) is 10.2 Å². The van der Waals surface area contributed by atoms with Gasteiger partial charge in [0.15, 0.2) is 15.9 Å². The van der Waals surface area contributed by atoms with Crippen molar-refractivity contribution in [3.8, 4) is 5.75 Å². The van der Waals surface area contributed by atoms with Gasteiger partial charge < -0.3 is 15.4 Å². The minimum Gasteiger partial charge on any atom is -0.497 e. The predicted molar refractivity (Wildman–Crippen MR) is 91.3 cm³/mol. The monoisotopic (exact) mass is 322 g/mol. The standard InChI is InChI=1S/C14H18N4OS2/c1-13(2)14(3)16-11(20)17(18(14)12(21)15-13)9-5-7-10(19-4)8-6-9/h5-8H,1-4H3,(H,15,21)(H,16,20). The SMILES string of the molecule is COc1ccc(N2C(=S)NC3(C)N2C(=S)NC3(C)C)cc1. The highest BCUT2D eigenvalue weighted by atomic mass is 32.1. The lowest BCUT2D eigenvalue weighted by molar-refractivity contribution is 0.156. The zero-order chi connectivity index (χ0) is 15.4. The number of hydrazine groups is 1. The Hall–Kier alpha value is -1.60. The summed E-state index contributed by atoms with van der Waals surface area (Å²) in [6, 6.07) is 7.75. The lowest BCUT2D eigenvalue weighted by Gasteiger charge is -2.37. The Kier molecular flexibility index (Phi) is 3.04. The molecule has 0 spiro atoms. The summed E-state index contributed by atoms with van der Waals surface area (Å²) in [6.45, 7) is 6.30. The maximum absolute atomic E-state index is 5.52. The van der Waals surface area contributed by atoms with Gasteiger partial charge in [-0.15, -0.1) is 0 Å². The van der Waals surface area contributed by atoms with Crippen LogP contribution in [0.4, 0.5) is 5.69 Å². The van der Waals surface area contributed by atoms with Crippen molar-refractivity contribution in [3.63, 3.8) is 0 Å².